The molecule has 1 aromatic carbocycles. The molecule has 0 unspecified atom stereocenters. The van der Waals surface area contributed by atoms with Gasteiger partial charge in [-0.3, -0.25) is 9.79 Å². The quantitative estimate of drug-likeness (QED) is 0.239. The predicted octanol–water partition coefficient (Wildman–Crippen LogP) is 3.18. The minimum atomic E-state index is -0.113. The van der Waals surface area contributed by atoms with Gasteiger partial charge in [-0.1, -0.05) is 13.0 Å². The lowest BCUT2D eigenvalue weighted by atomic mass is 9.87. The van der Waals surface area contributed by atoms with Crippen LogP contribution in [0.3, 0.4) is 0 Å². The maximum Gasteiger partial charge on any atom is 0.251 e. The summed E-state index contributed by atoms with van der Waals surface area (Å²) in [5.74, 6) is 2.23. The molecule has 1 saturated carbocycles. The van der Waals surface area contributed by atoms with Gasteiger partial charge in [0.15, 0.2) is 5.96 Å². The van der Waals surface area contributed by atoms with Crippen molar-refractivity contribution in [2.24, 2.45) is 10.9 Å². The fourth-order valence-corrected chi connectivity index (χ4v) is 3.12. The molecule has 1 aromatic rings. The topological polar surface area (TPSA) is 74.8 Å². The largest absolute Gasteiger partial charge is 0.497 e. The number of amides is 1. The molecule has 0 atom stereocenters. The first-order valence-electron chi connectivity index (χ1n) is 9.59. The number of rotatable bonds is 7. The van der Waals surface area contributed by atoms with Crippen LogP contribution >= 0.6 is 24.0 Å². The van der Waals surface area contributed by atoms with E-state index < -0.39 is 0 Å². The Hall–Kier alpha value is -1.51. The normalized spacial score (nSPS) is 19.6. The number of guanidine groups is 1. The van der Waals surface area contributed by atoms with Crippen LogP contribution in [0.4, 0.5) is 0 Å². The summed E-state index contributed by atoms with van der Waals surface area (Å²) in [4.78, 5) is 16.8. The maximum absolute atomic E-state index is 12.2. The molecule has 7 heteroatoms. The number of aliphatic imine (C=N–C) groups is 1. The fraction of sp³-hybridized carbons (Fsp3) is 0.600. The molecule has 0 radical (unpaired) electrons. The van der Waals surface area contributed by atoms with Gasteiger partial charge in [-0.15, -0.1) is 24.0 Å². The number of hydrogen-bond donors (Lipinski definition) is 3. The second kappa shape index (κ2) is 12.8. The second-order valence-electron chi connectivity index (χ2n) is 6.85. The van der Waals surface area contributed by atoms with Gasteiger partial charge < -0.3 is 20.7 Å². The molecule has 1 aliphatic carbocycles. The summed E-state index contributed by atoms with van der Waals surface area (Å²) in [7, 11) is 1.59. The smallest absolute Gasteiger partial charge is 0.251 e. The summed E-state index contributed by atoms with van der Waals surface area (Å²) >= 11 is 0. The fourth-order valence-electron chi connectivity index (χ4n) is 3.12. The number of hydrogen-bond acceptors (Lipinski definition) is 3. The molecule has 1 amide bonds. The molecule has 1 aliphatic rings. The van der Waals surface area contributed by atoms with Crippen molar-refractivity contribution >= 4 is 35.8 Å². The first kappa shape index (κ1) is 23.5. The summed E-state index contributed by atoms with van der Waals surface area (Å²) in [6.45, 7) is 6.23. The predicted molar refractivity (Wildman–Crippen MR) is 121 cm³/mol. The van der Waals surface area contributed by atoms with Gasteiger partial charge in [0, 0.05) is 24.7 Å². The van der Waals surface area contributed by atoms with Gasteiger partial charge >= 0.3 is 0 Å². The third kappa shape index (κ3) is 8.36. The zero-order valence-electron chi connectivity index (χ0n) is 16.6. The molecule has 0 heterocycles. The molecule has 3 N–H and O–H groups in total. The molecular formula is C20H33IN4O2. The van der Waals surface area contributed by atoms with Gasteiger partial charge in [0.05, 0.1) is 13.7 Å². The van der Waals surface area contributed by atoms with Crippen LogP contribution in [0.2, 0.25) is 0 Å². The van der Waals surface area contributed by atoms with Gasteiger partial charge in [0.2, 0.25) is 0 Å². The summed E-state index contributed by atoms with van der Waals surface area (Å²) in [6.07, 6.45) is 4.93. The zero-order chi connectivity index (χ0) is 18.8. The van der Waals surface area contributed by atoms with Gasteiger partial charge in [-0.25, -0.2) is 0 Å². The Balaban J connectivity index is 0.00000364. The van der Waals surface area contributed by atoms with E-state index in [1.165, 1.54) is 25.7 Å². The molecule has 0 aromatic heterocycles. The number of methoxy groups -OCH3 is 1. The van der Waals surface area contributed by atoms with Crippen LogP contribution in [-0.2, 0) is 0 Å². The van der Waals surface area contributed by atoms with Crippen molar-refractivity contribution in [3.05, 3.63) is 29.8 Å². The Morgan fingerprint density at radius 2 is 1.96 bits per heavy atom. The Morgan fingerprint density at radius 1 is 1.22 bits per heavy atom. The molecule has 6 nitrogen and oxygen atoms in total. The molecule has 27 heavy (non-hydrogen) atoms. The van der Waals surface area contributed by atoms with Gasteiger partial charge in [0.25, 0.3) is 5.91 Å². The highest BCUT2D eigenvalue weighted by Gasteiger charge is 2.18. The molecule has 0 bridgehead atoms. The van der Waals surface area contributed by atoms with Gasteiger partial charge in [-0.05, 0) is 56.7 Å². The third-order valence-electron chi connectivity index (χ3n) is 4.70. The Labute approximate surface area is 179 Å². The molecule has 2 rings (SSSR count). The Bertz CT molecular complexity index is 601. The lowest BCUT2D eigenvalue weighted by Crippen LogP contribution is -2.45. The Kier molecular flexibility index (Phi) is 11.2. The van der Waals surface area contributed by atoms with E-state index in [1.54, 1.807) is 19.2 Å². The maximum atomic E-state index is 12.2. The lowest BCUT2D eigenvalue weighted by molar-refractivity contribution is 0.0954. The lowest BCUT2D eigenvalue weighted by Gasteiger charge is -2.28. The third-order valence-corrected chi connectivity index (χ3v) is 4.70. The van der Waals surface area contributed by atoms with Crippen molar-refractivity contribution in [2.45, 2.75) is 45.6 Å². The van der Waals surface area contributed by atoms with E-state index in [2.05, 4.69) is 34.8 Å². The first-order valence-corrected chi connectivity index (χ1v) is 9.59. The van der Waals surface area contributed by atoms with E-state index in [4.69, 9.17) is 4.74 Å². The van der Waals surface area contributed by atoms with Crippen molar-refractivity contribution in [1.29, 1.82) is 0 Å². The summed E-state index contributed by atoms with van der Waals surface area (Å²) < 4.78 is 5.15. The molecule has 1 fully saturated rings. The SMILES string of the molecule is CCNC(=NCCNC(=O)c1cccc(OC)c1)NC1CCC(C)CC1.I. The van der Waals surface area contributed by atoms with E-state index in [0.717, 1.165) is 18.4 Å². The van der Waals surface area contributed by atoms with E-state index in [-0.39, 0.29) is 29.9 Å². The second-order valence-corrected chi connectivity index (χ2v) is 6.85. The van der Waals surface area contributed by atoms with Crippen LogP contribution < -0.4 is 20.7 Å². The van der Waals surface area contributed by atoms with E-state index in [0.29, 0.717) is 30.4 Å². The number of carbonyl (C=O) groups is 1. The summed E-state index contributed by atoms with van der Waals surface area (Å²) in [6, 6.07) is 7.63. The highest BCUT2D eigenvalue weighted by molar-refractivity contribution is 14.0. The van der Waals surface area contributed by atoms with Crippen LogP contribution in [-0.4, -0.2) is 44.7 Å². The average Bonchev–Trinajstić information content (AvgIpc) is 2.67. The van der Waals surface area contributed by atoms with Crippen LogP contribution in [0.25, 0.3) is 0 Å². The van der Waals surface area contributed by atoms with Crippen LogP contribution in [0.1, 0.15) is 49.9 Å². The van der Waals surface area contributed by atoms with E-state index in [1.807, 2.05) is 12.1 Å². The van der Waals surface area contributed by atoms with Crippen molar-refractivity contribution in [2.75, 3.05) is 26.7 Å². The van der Waals surface area contributed by atoms with Crippen LogP contribution in [0.5, 0.6) is 5.75 Å². The van der Waals surface area contributed by atoms with Gasteiger partial charge in [-0.2, -0.15) is 0 Å². The first-order chi connectivity index (χ1) is 12.6. The minimum Gasteiger partial charge on any atom is -0.497 e. The van der Waals surface area contributed by atoms with Gasteiger partial charge in [0.1, 0.15) is 5.75 Å². The zero-order valence-corrected chi connectivity index (χ0v) is 18.9. The van der Waals surface area contributed by atoms with Crippen molar-refractivity contribution in [3.8, 4) is 5.75 Å². The van der Waals surface area contributed by atoms with Crippen molar-refractivity contribution in [1.82, 2.24) is 16.0 Å². The molecule has 0 spiro atoms. The van der Waals surface area contributed by atoms with Crippen molar-refractivity contribution in [3.63, 3.8) is 0 Å². The number of halogens is 1. The summed E-state index contributed by atoms with van der Waals surface area (Å²) in [5, 5.41) is 9.71. The number of ether oxygens (including phenoxy) is 1. The molecule has 152 valence electrons. The highest BCUT2D eigenvalue weighted by Crippen LogP contribution is 2.23. The Morgan fingerprint density at radius 3 is 2.63 bits per heavy atom. The average molecular weight is 488 g/mol. The highest BCUT2D eigenvalue weighted by atomic mass is 127. The number of benzene rings is 1. The monoisotopic (exact) mass is 488 g/mol. The summed E-state index contributed by atoms with van der Waals surface area (Å²) in [5.41, 5.74) is 0.592. The molecular weight excluding hydrogens is 455 g/mol. The standard InChI is InChI=1S/C20H32N4O2.HI/c1-4-21-20(24-17-10-8-15(2)9-11-17)23-13-12-22-19(25)16-6-5-7-18(14-16)26-3;/h5-7,14-15,17H,4,8-13H2,1-3H3,(H,22,25)(H2,21,23,24);1H. The van der Waals surface area contributed by atoms with Crippen LogP contribution in [0.15, 0.2) is 29.3 Å². The molecule has 0 saturated heterocycles. The van der Waals surface area contributed by atoms with Crippen molar-refractivity contribution < 1.29 is 9.53 Å². The molecule has 0 aliphatic heterocycles. The van der Waals surface area contributed by atoms with E-state index in [9.17, 15) is 4.79 Å². The minimum absolute atomic E-state index is 0. The number of nitrogens with one attached hydrogen (secondary N) is 3. The van der Waals surface area contributed by atoms with Crippen LogP contribution in [0, 0.1) is 5.92 Å². The number of carbonyl (C=O) groups excluding carboxylic acids is 1. The number of nitrogens with zero attached hydrogens (tertiary/aromatic N) is 1. The van der Waals surface area contributed by atoms with E-state index >= 15 is 0 Å².